The molecule has 0 saturated carbocycles. The fourth-order valence-electron chi connectivity index (χ4n) is 5.48. The highest BCUT2D eigenvalue weighted by molar-refractivity contribution is 6.08. The van der Waals surface area contributed by atoms with Crippen molar-refractivity contribution in [1.82, 2.24) is 4.57 Å². The van der Waals surface area contributed by atoms with Crippen LogP contribution >= 0.6 is 0 Å². The van der Waals surface area contributed by atoms with Crippen LogP contribution in [0.3, 0.4) is 0 Å². The van der Waals surface area contributed by atoms with Gasteiger partial charge in [0.15, 0.2) is 6.23 Å². The van der Waals surface area contributed by atoms with Gasteiger partial charge in [0.05, 0.1) is 22.0 Å². The first-order valence-electron chi connectivity index (χ1n) is 11.5. The normalized spacial score (nSPS) is 17.6. The first kappa shape index (κ1) is 19.2. The highest BCUT2D eigenvalue weighted by Crippen LogP contribution is 2.47. The van der Waals surface area contributed by atoms with Gasteiger partial charge in [0.25, 0.3) is 0 Å². The lowest BCUT2D eigenvalue weighted by atomic mass is 9.86. The van der Waals surface area contributed by atoms with Crippen molar-refractivity contribution >= 4 is 32.8 Å². The molecule has 1 aliphatic rings. The number of para-hydroxylation sites is 3. The van der Waals surface area contributed by atoms with Crippen LogP contribution in [0.2, 0.25) is 0 Å². The molecule has 0 fully saturated rings. The molecule has 1 aliphatic heterocycles. The third-order valence-electron chi connectivity index (χ3n) is 6.95. The highest BCUT2D eigenvalue weighted by Gasteiger charge is 2.36. The van der Waals surface area contributed by atoms with Crippen LogP contribution in [-0.2, 0) is 0 Å². The second-order valence-electron chi connectivity index (χ2n) is 8.80. The maximum Gasteiger partial charge on any atom is 0.343 e. The zero-order chi connectivity index (χ0) is 22.6. The van der Waals surface area contributed by atoms with Gasteiger partial charge >= 0.3 is 5.63 Å². The minimum atomic E-state index is -0.330. The van der Waals surface area contributed by atoms with Crippen molar-refractivity contribution in [1.29, 1.82) is 0 Å². The van der Waals surface area contributed by atoms with Crippen LogP contribution in [0.5, 0.6) is 5.75 Å². The molecule has 0 amide bonds. The summed E-state index contributed by atoms with van der Waals surface area (Å²) in [4.78, 5) is 13.2. The third kappa shape index (κ3) is 2.75. The lowest BCUT2D eigenvalue weighted by molar-refractivity contribution is 0.108. The Morgan fingerprint density at radius 1 is 0.676 bits per heavy atom. The van der Waals surface area contributed by atoms with Crippen molar-refractivity contribution in [2.75, 3.05) is 0 Å². The Hall–Kier alpha value is -4.31. The van der Waals surface area contributed by atoms with Gasteiger partial charge in [-0.3, -0.25) is 0 Å². The first-order valence-corrected chi connectivity index (χ1v) is 11.5. The standard InChI is InChI=1S/C30H21NO3/c32-30-28-23(19-10-2-1-3-11-19)18-27(34-29(28)22-14-6-9-17-26(22)33-30)31-24-15-7-4-12-20(24)21-13-5-8-16-25(21)31/h1-17,23,27H,18H2/t23-,27-/m0/s1. The predicted molar refractivity (Wildman–Crippen MR) is 134 cm³/mol. The topological polar surface area (TPSA) is 44.4 Å². The zero-order valence-electron chi connectivity index (χ0n) is 18.3. The van der Waals surface area contributed by atoms with Gasteiger partial charge in [-0.05, 0) is 29.8 Å². The number of aromatic nitrogens is 1. The molecule has 2 atom stereocenters. The van der Waals surface area contributed by atoms with E-state index in [-0.39, 0.29) is 17.8 Å². The van der Waals surface area contributed by atoms with Crippen LogP contribution in [0.15, 0.2) is 112 Å². The number of ether oxygens (including phenoxy) is 1. The average molecular weight is 444 g/mol. The maximum absolute atomic E-state index is 13.2. The summed E-state index contributed by atoms with van der Waals surface area (Å²) < 4.78 is 14.8. The van der Waals surface area contributed by atoms with E-state index in [0.717, 1.165) is 22.0 Å². The van der Waals surface area contributed by atoms with Gasteiger partial charge in [-0.15, -0.1) is 0 Å². The number of benzene rings is 4. The van der Waals surface area contributed by atoms with Gasteiger partial charge in [-0.25, -0.2) is 4.79 Å². The van der Waals surface area contributed by atoms with Gasteiger partial charge in [-0.2, -0.15) is 0 Å². The minimum absolute atomic E-state index is 0.143. The van der Waals surface area contributed by atoms with E-state index in [2.05, 4.69) is 65.2 Å². The Balaban J connectivity index is 1.53. The molecule has 164 valence electrons. The highest BCUT2D eigenvalue weighted by atomic mass is 16.5. The Morgan fingerprint density at radius 2 is 1.26 bits per heavy atom. The summed E-state index contributed by atoms with van der Waals surface area (Å²) in [5, 5.41) is 3.21. The Morgan fingerprint density at radius 3 is 1.97 bits per heavy atom. The molecule has 2 aromatic heterocycles. The van der Waals surface area contributed by atoms with Crippen LogP contribution in [0, 0.1) is 0 Å². The molecular weight excluding hydrogens is 422 g/mol. The van der Waals surface area contributed by atoms with Crippen molar-refractivity contribution in [3.8, 4) is 5.75 Å². The smallest absolute Gasteiger partial charge is 0.343 e. The van der Waals surface area contributed by atoms with Crippen molar-refractivity contribution in [3.63, 3.8) is 0 Å². The summed E-state index contributed by atoms with van der Waals surface area (Å²) >= 11 is 0. The number of hydrogen-bond donors (Lipinski definition) is 0. The molecule has 0 aliphatic carbocycles. The molecule has 4 heteroatoms. The molecule has 0 unspecified atom stereocenters. The van der Waals surface area contributed by atoms with Gasteiger partial charge in [-0.1, -0.05) is 78.9 Å². The molecule has 0 saturated heterocycles. The van der Waals surface area contributed by atoms with Crippen molar-refractivity contribution in [2.45, 2.75) is 18.6 Å². The molecule has 4 aromatic carbocycles. The number of hydrogen-bond acceptors (Lipinski definition) is 3. The molecule has 0 N–H and O–H groups in total. The molecular formula is C30H21NO3. The summed E-state index contributed by atoms with van der Waals surface area (Å²) in [5.41, 5.74) is 4.14. The van der Waals surface area contributed by atoms with E-state index in [4.69, 9.17) is 9.15 Å². The van der Waals surface area contributed by atoms with E-state index < -0.39 is 0 Å². The Kier molecular flexibility index (Phi) is 4.15. The molecule has 3 heterocycles. The van der Waals surface area contributed by atoms with E-state index in [1.807, 2.05) is 42.5 Å². The average Bonchev–Trinajstić information content (AvgIpc) is 3.23. The van der Waals surface area contributed by atoms with E-state index in [0.29, 0.717) is 23.3 Å². The molecule has 6 aromatic rings. The predicted octanol–water partition coefficient (Wildman–Crippen LogP) is 7.01. The molecule has 0 radical (unpaired) electrons. The molecule has 4 nitrogen and oxygen atoms in total. The van der Waals surface area contributed by atoms with Crippen LogP contribution in [0.1, 0.15) is 29.7 Å². The lowest BCUT2D eigenvalue weighted by Crippen LogP contribution is -2.28. The zero-order valence-corrected chi connectivity index (χ0v) is 18.3. The Labute approximate surface area is 195 Å². The van der Waals surface area contributed by atoms with Crippen molar-refractivity contribution in [3.05, 3.63) is 125 Å². The summed E-state index contributed by atoms with van der Waals surface area (Å²) in [6.45, 7) is 0. The number of rotatable bonds is 2. The first-order chi connectivity index (χ1) is 16.8. The summed E-state index contributed by atoms with van der Waals surface area (Å²) in [6.07, 6.45) is 0.343. The number of fused-ring (bicyclic) bond motifs is 6. The van der Waals surface area contributed by atoms with Crippen LogP contribution in [-0.4, -0.2) is 4.57 Å². The molecule has 34 heavy (non-hydrogen) atoms. The largest absolute Gasteiger partial charge is 0.469 e. The quantitative estimate of drug-likeness (QED) is 0.270. The van der Waals surface area contributed by atoms with Crippen LogP contribution < -0.4 is 10.4 Å². The van der Waals surface area contributed by atoms with Crippen molar-refractivity contribution in [2.24, 2.45) is 0 Å². The summed E-state index contributed by atoms with van der Waals surface area (Å²) in [6, 6.07) is 34.7. The third-order valence-corrected chi connectivity index (χ3v) is 6.95. The Bertz CT molecular complexity index is 1690. The molecule has 0 spiro atoms. The van der Waals surface area contributed by atoms with E-state index >= 15 is 0 Å². The second kappa shape index (κ2) is 7.35. The fourth-order valence-corrected chi connectivity index (χ4v) is 5.48. The fraction of sp³-hybridized carbons (Fsp3) is 0.100. The van der Waals surface area contributed by atoms with Gasteiger partial charge in [0, 0.05) is 23.1 Å². The monoisotopic (exact) mass is 443 g/mol. The molecule has 0 bridgehead atoms. The SMILES string of the molecule is O=c1oc2ccccc2c2c1[C@H](c1ccccc1)C[C@@H](n1c3ccccc3c3ccccc31)O2. The van der Waals surface area contributed by atoms with Gasteiger partial charge in [0.2, 0.25) is 0 Å². The van der Waals surface area contributed by atoms with E-state index in [1.165, 1.54) is 10.8 Å². The number of nitrogens with zero attached hydrogens (tertiary/aromatic N) is 1. The lowest BCUT2D eigenvalue weighted by Gasteiger charge is -2.33. The minimum Gasteiger partial charge on any atom is -0.469 e. The van der Waals surface area contributed by atoms with Gasteiger partial charge < -0.3 is 13.7 Å². The van der Waals surface area contributed by atoms with Crippen molar-refractivity contribution < 1.29 is 9.15 Å². The second-order valence-corrected chi connectivity index (χ2v) is 8.80. The van der Waals surface area contributed by atoms with Crippen LogP contribution in [0.25, 0.3) is 32.8 Å². The van der Waals surface area contributed by atoms with Gasteiger partial charge in [0.1, 0.15) is 11.3 Å². The van der Waals surface area contributed by atoms with E-state index in [1.54, 1.807) is 0 Å². The maximum atomic E-state index is 13.2. The summed E-state index contributed by atoms with van der Waals surface area (Å²) in [7, 11) is 0. The van der Waals surface area contributed by atoms with Crippen LogP contribution in [0.4, 0.5) is 0 Å². The summed E-state index contributed by atoms with van der Waals surface area (Å²) in [5.74, 6) is 0.481. The van der Waals surface area contributed by atoms with E-state index in [9.17, 15) is 4.79 Å². The molecule has 7 rings (SSSR count).